The predicted octanol–water partition coefficient (Wildman–Crippen LogP) is 13.4. The van der Waals surface area contributed by atoms with E-state index in [9.17, 15) is 19.5 Å². The SMILES string of the molecule is CCCCC/C=C\C/C=C\C/C=C\CCCCCCCCC(=O)OC(COCCC(C(=O)O)[N+](C)(C)C)COC(=O)CCCCCCCCCCCCCCCCC. The minimum Gasteiger partial charge on any atom is -0.477 e. The molecule has 8 heteroatoms. The number of likely N-dealkylation sites (N-methyl/N-ethyl adjacent to an activating group) is 1. The largest absolute Gasteiger partial charge is 0.477 e. The summed E-state index contributed by atoms with van der Waals surface area (Å²) in [4.78, 5) is 37.1. The van der Waals surface area contributed by atoms with Gasteiger partial charge in [-0.05, 0) is 51.4 Å². The first-order chi connectivity index (χ1) is 28.1. The molecule has 0 aliphatic carbocycles. The summed E-state index contributed by atoms with van der Waals surface area (Å²) in [5.74, 6) is -1.47. The summed E-state index contributed by atoms with van der Waals surface area (Å²) >= 11 is 0. The summed E-state index contributed by atoms with van der Waals surface area (Å²) in [6.45, 7) is 4.72. The highest BCUT2D eigenvalue weighted by Crippen LogP contribution is 2.15. The quantitative estimate of drug-likeness (QED) is 0.0283. The number of unbranched alkanes of at least 4 members (excludes halogenated alkanes) is 23. The van der Waals surface area contributed by atoms with Crippen LogP contribution >= 0.6 is 0 Å². The number of allylic oxidation sites excluding steroid dienone is 6. The molecule has 2 unspecified atom stereocenters. The van der Waals surface area contributed by atoms with Crippen molar-refractivity contribution in [2.24, 2.45) is 0 Å². The van der Waals surface area contributed by atoms with Crippen molar-refractivity contribution in [3.63, 3.8) is 0 Å². The highest BCUT2D eigenvalue weighted by atomic mass is 16.6. The van der Waals surface area contributed by atoms with Crippen LogP contribution < -0.4 is 0 Å². The Bertz CT molecular complexity index is 1050. The van der Waals surface area contributed by atoms with Crippen LogP contribution in [0, 0.1) is 0 Å². The lowest BCUT2D eigenvalue weighted by molar-refractivity contribution is -0.887. The Hall–Kier alpha value is -2.45. The van der Waals surface area contributed by atoms with E-state index in [2.05, 4.69) is 50.3 Å². The van der Waals surface area contributed by atoms with Crippen LogP contribution in [-0.2, 0) is 28.6 Å². The molecule has 0 aromatic carbocycles. The van der Waals surface area contributed by atoms with E-state index < -0.39 is 18.1 Å². The molecular formula is C50H92NO7+. The Morgan fingerprint density at radius 3 is 1.38 bits per heavy atom. The molecule has 1 N–H and O–H groups in total. The van der Waals surface area contributed by atoms with Crippen LogP contribution in [0.5, 0.6) is 0 Å². The van der Waals surface area contributed by atoms with Gasteiger partial charge in [-0.2, -0.15) is 0 Å². The fourth-order valence-corrected chi connectivity index (χ4v) is 7.04. The third-order valence-electron chi connectivity index (χ3n) is 10.8. The average molecular weight is 819 g/mol. The van der Waals surface area contributed by atoms with E-state index in [1.807, 2.05) is 21.1 Å². The molecule has 0 amide bonds. The Morgan fingerprint density at radius 1 is 0.517 bits per heavy atom. The minimum atomic E-state index is -0.876. The van der Waals surface area contributed by atoms with Gasteiger partial charge in [0, 0.05) is 19.3 Å². The molecule has 0 saturated heterocycles. The summed E-state index contributed by atoms with van der Waals surface area (Å²) in [7, 11) is 5.53. The van der Waals surface area contributed by atoms with E-state index in [1.54, 1.807) is 0 Å². The van der Waals surface area contributed by atoms with E-state index in [0.29, 0.717) is 19.3 Å². The first-order valence-corrected chi connectivity index (χ1v) is 24.0. The smallest absolute Gasteiger partial charge is 0.362 e. The first-order valence-electron chi connectivity index (χ1n) is 24.0. The van der Waals surface area contributed by atoms with Gasteiger partial charge in [0.1, 0.15) is 6.61 Å². The van der Waals surface area contributed by atoms with Gasteiger partial charge in [0.15, 0.2) is 12.1 Å². The van der Waals surface area contributed by atoms with Crippen molar-refractivity contribution in [2.45, 2.75) is 225 Å². The number of carbonyl (C=O) groups is 3. The Morgan fingerprint density at radius 2 is 0.914 bits per heavy atom. The van der Waals surface area contributed by atoms with Crippen LogP contribution in [0.15, 0.2) is 36.5 Å². The van der Waals surface area contributed by atoms with Gasteiger partial charge in [-0.3, -0.25) is 9.59 Å². The molecule has 0 aliphatic heterocycles. The van der Waals surface area contributed by atoms with Crippen LogP contribution in [0.4, 0.5) is 0 Å². The lowest BCUT2D eigenvalue weighted by Crippen LogP contribution is -2.50. The number of carboxylic acid groups (broad SMARTS) is 1. The second kappa shape index (κ2) is 41.3. The van der Waals surface area contributed by atoms with Gasteiger partial charge in [-0.1, -0.05) is 179 Å². The molecule has 0 bridgehead atoms. The zero-order chi connectivity index (χ0) is 42.8. The number of quaternary nitrogens is 1. The number of nitrogens with zero attached hydrogens (tertiary/aromatic N) is 1. The van der Waals surface area contributed by atoms with E-state index in [1.165, 1.54) is 116 Å². The number of hydrogen-bond acceptors (Lipinski definition) is 6. The van der Waals surface area contributed by atoms with Crippen molar-refractivity contribution < 1.29 is 38.2 Å². The van der Waals surface area contributed by atoms with Crippen molar-refractivity contribution in [2.75, 3.05) is 41.0 Å². The standard InChI is InChI=1S/C50H91NO7/c1-6-8-10-12-14-16-18-20-22-23-24-25-27-29-31-33-35-37-39-41-49(53)58-46(44-56-43-42-47(50(54)55)51(3,4)5)45-57-48(52)40-38-36-34-32-30-28-26-21-19-17-15-13-11-9-7-2/h14,16,20,22,24-25,46-47H,6-13,15,17-19,21,23,26-45H2,1-5H3/p+1/b16-14-,22-20-,25-24-. The molecule has 0 aromatic heterocycles. The normalized spacial score (nSPS) is 13.2. The predicted molar refractivity (Wildman–Crippen MR) is 243 cm³/mol. The molecule has 0 rings (SSSR count). The van der Waals surface area contributed by atoms with E-state index in [4.69, 9.17) is 14.2 Å². The zero-order valence-electron chi connectivity index (χ0n) is 38.5. The van der Waals surface area contributed by atoms with Crippen LogP contribution in [0.25, 0.3) is 0 Å². The van der Waals surface area contributed by atoms with Crippen LogP contribution in [-0.4, -0.2) is 80.6 Å². The van der Waals surface area contributed by atoms with E-state index in [-0.39, 0.29) is 36.2 Å². The number of rotatable bonds is 43. The molecule has 0 aliphatic rings. The van der Waals surface area contributed by atoms with Gasteiger partial charge >= 0.3 is 17.9 Å². The summed E-state index contributed by atoms with van der Waals surface area (Å²) < 4.78 is 17.3. The maximum atomic E-state index is 12.8. The highest BCUT2D eigenvalue weighted by molar-refractivity contribution is 5.72. The van der Waals surface area contributed by atoms with Crippen LogP contribution in [0.3, 0.4) is 0 Å². The number of aliphatic carboxylic acids is 1. The summed E-state index contributed by atoms with van der Waals surface area (Å²) in [6.07, 6.45) is 47.5. The lowest BCUT2D eigenvalue weighted by atomic mass is 10.0. The minimum absolute atomic E-state index is 0.0533. The summed E-state index contributed by atoms with van der Waals surface area (Å²) in [5, 5.41) is 9.63. The van der Waals surface area contributed by atoms with Gasteiger partial charge in [-0.25, -0.2) is 4.79 Å². The maximum absolute atomic E-state index is 12.8. The summed E-state index contributed by atoms with van der Waals surface area (Å²) in [5.41, 5.74) is 0. The topological polar surface area (TPSA) is 99.1 Å². The van der Waals surface area contributed by atoms with E-state index in [0.717, 1.165) is 64.2 Å². The van der Waals surface area contributed by atoms with E-state index >= 15 is 0 Å². The van der Waals surface area contributed by atoms with Crippen molar-refractivity contribution in [3.8, 4) is 0 Å². The Kier molecular flexibility index (Phi) is 39.5. The maximum Gasteiger partial charge on any atom is 0.362 e. The Balaban J connectivity index is 4.31. The third kappa shape index (κ3) is 39.0. The van der Waals surface area contributed by atoms with Crippen molar-refractivity contribution in [1.82, 2.24) is 0 Å². The molecule has 338 valence electrons. The number of ether oxygens (including phenoxy) is 3. The first kappa shape index (κ1) is 55.5. The molecule has 2 atom stereocenters. The van der Waals surface area contributed by atoms with Crippen LogP contribution in [0.1, 0.15) is 213 Å². The molecule has 8 nitrogen and oxygen atoms in total. The number of carbonyl (C=O) groups excluding carboxylic acids is 2. The van der Waals surface area contributed by atoms with Gasteiger partial charge in [-0.15, -0.1) is 0 Å². The molecule has 0 heterocycles. The van der Waals surface area contributed by atoms with Crippen molar-refractivity contribution in [3.05, 3.63) is 36.5 Å². The average Bonchev–Trinajstić information content (AvgIpc) is 3.18. The second-order valence-corrected chi connectivity index (χ2v) is 17.4. The van der Waals surface area contributed by atoms with Crippen molar-refractivity contribution >= 4 is 17.9 Å². The monoisotopic (exact) mass is 819 g/mol. The number of carboxylic acids is 1. The van der Waals surface area contributed by atoms with Crippen LogP contribution in [0.2, 0.25) is 0 Å². The van der Waals surface area contributed by atoms with Gasteiger partial charge in [0.2, 0.25) is 0 Å². The fourth-order valence-electron chi connectivity index (χ4n) is 7.04. The second-order valence-electron chi connectivity index (χ2n) is 17.4. The molecule has 0 radical (unpaired) electrons. The van der Waals surface area contributed by atoms with Gasteiger partial charge in [0.25, 0.3) is 0 Å². The highest BCUT2D eigenvalue weighted by Gasteiger charge is 2.31. The lowest BCUT2D eigenvalue weighted by Gasteiger charge is -2.31. The molecule has 0 saturated carbocycles. The Labute approximate surface area is 357 Å². The van der Waals surface area contributed by atoms with Gasteiger partial charge in [0.05, 0.1) is 34.4 Å². The molecule has 0 fully saturated rings. The molecule has 58 heavy (non-hydrogen) atoms. The van der Waals surface area contributed by atoms with Crippen molar-refractivity contribution in [1.29, 1.82) is 0 Å². The third-order valence-corrected chi connectivity index (χ3v) is 10.8. The zero-order valence-corrected chi connectivity index (χ0v) is 38.5. The number of hydrogen-bond donors (Lipinski definition) is 1. The fraction of sp³-hybridized carbons (Fsp3) is 0.820. The van der Waals surface area contributed by atoms with Gasteiger partial charge < -0.3 is 23.8 Å². The number of esters is 2. The molecule has 0 aromatic rings. The molecule has 0 spiro atoms. The summed E-state index contributed by atoms with van der Waals surface area (Å²) in [6, 6.07) is -0.616. The molecular weight excluding hydrogens is 727 g/mol.